The third kappa shape index (κ3) is 6.47. The molecule has 0 aromatic carbocycles. The van der Waals surface area contributed by atoms with Crippen molar-refractivity contribution < 1.29 is 38.1 Å². The van der Waals surface area contributed by atoms with Crippen LogP contribution in [0.5, 0.6) is 0 Å². The van der Waals surface area contributed by atoms with Crippen LogP contribution < -0.4 is 5.32 Å². The average Bonchev–Trinajstić information content (AvgIpc) is 3.43. The highest BCUT2D eigenvalue weighted by molar-refractivity contribution is 8.01. The topological polar surface area (TPSA) is 151 Å². The Balaban J connectivity index is 1.37. The van der Waals surface area contributed by atoms with Crippen molar-refractivity contribution in [2.45, 2.75) is 109 Å². The Hall–Kier alpha value is -2.87. The summed E-state index contributed by atoms with van der Waals surface area (Å²) in [7, 11) is 0. The van der Waals surface area contributed by atoms with Gasteiger partial charge in [-0.3, -0.25) is 9.59 Å². The number of fused-ring (bicyclic) bond motifs is 1. The number of β-lactam (4-membered cyclic amide) rings is 1. The van der Waals surface area contributed by atoms with E-state index in [-0.39, 0.29) is 48.9 Å². The fraction of sp³-hybridized carbons (Fsp3) is 0.778. The zero-order valence-corrected chi connectivity index (χ0v) is 25.9. The minimum Gasteiger partial charge on any atom is -0.463 e. The Bertz CT molecular complexity index is 1180. The molecule has 0 aliphatic carbocycles. The first-order valence-electron chi connectivity index (χ1n) is 13.9. The van der Waals surface area contributed by atoms with Crippen LogP contribution in [0.3, 0.4) is 0 Å². The van der Waals surface area contributed by atoms with Gasteiger partial charge >= 0.3 is 18.0 Å². The van der Waals surface area contributed by atoms with Crippen molar-refractivity contribution in [2.75, 3.05) is 6.61 Å². The first-order chi connectivity index (χ1) is 19.0. The molecular formula is C27H41N5O8S. The van der Waals surface area contributed by atoms with Gasteiger partial charge in [0, 0.05) is 17.6 Å². The van der Waals surface area contributed by atoms with E-state index in [1.807, 2.05) is 13.8 Å². The van der Waals surface area contributed by atoms with Crippen LogP contribution in [0.2, 0.25) is 0 Å². The summed E-state index contributed by atoms with van der Waals surface area (Å²) >= 11 is 1.43. The van der Waals surface area contributed by atoms with Gasteiger partial charge < -0.3 is 29.2 Å². The predicted octanol–water partition coefficient (Wildman–Crippen LogP) is 2.65. The van der Waals surface area contributed by atoms with E-state index in [4.69, 9.17) is 18.9 Å². The average molecular weight is 596 g/mol. The fourth-order valence-electron chi connectivity index (χ4n) is 5.49. The molecule has 0 bridgehead atoms. The summed E-state index contributed by atoms with van der Waals surface area (Å²) in [5.74, 6) is -0.750. The summed E-state index contributed by atoms with van der Waals surface area (Å²) in [6.45, 7) is 16.6. The minimum atomic E-state index is -0.831. The van der Waals surface area contributed by atoms with E-state index in [1.54, 1.807) is 31.6 Å². The first kappa shape index (κ1) is 31.1. The highest BCUT2D eigenvalue weighted by Crippen LogP contribution is 2.51. The fourth-order valence-corrected chi connectivity index (χ4v) is 7.11. The van der Waals surface area contributed by atoms with Gasteiger partial charge in [-0.15, -0.1) is 16.9 Å². The maximum absolute atomic E-state index is 13.2. The van der Waals surface area contributed by atoms with Crippen molar-refractivity contribution in [1.29, 1.82) is 0 Å². The van der Waals surface area contributed by atoms with Crippen LogP contribution in [0.1, 0.15) is 74.2 Å². The number of ether oxygens (including phenoxy) is 4. The zero-order valence-electron chi connectivity index (χ0n) is 25.1. The lowest BCUT2D eigenvalue weighted by Gasteiger charge is -2.43. The number of hydrogen-bond acceptors (Lipinski definition) is 11. The molecule has 0 unspecified atom stereocenters. The molecule has 3 aliphatic rings. The van der Waals surface area contributed by atoms with Crippen molar-refractivity contribution in [1.82, 2.24) is 25.2 Å². The molecule has 8 atom stereocenters. The van der Waals surface area contributed by atoms with Gasteiger partial charge in [0.2, 0.25) is 5.91 Å². The predicted molar refractivity (Wildman–Crippen MR) is 147 cm³/mol. The molecule has 0 saturated carbocycles. The lowest BCUT2D eigenvalue weighted by Crippen LogP contribution is -2.70. The molecule has 14 heteroatoms. The second-order valence-electron chi connectivity index (χ2n) is 12.6. The summed E-state index contributed by atoms with van der Waals surface area (Å²) in [4.78, 5) is 51.2. The third-order valence-electron chi connectivity index (χ3n) is 7.98. The van der Waals surface area contributed by atoms with Gasteiger partial charge in [0.25, 0.3) is 0 Å². The second kappa shape index (κ2) is 11.4. The standard InChI is InChI=1S/C27H41N5O8S/c1-13-14(2)18(12-37-16(4)33)39-22(15(13)3)31-10-17(29-30-31)11-38-24(35)20-27(8,9)41-23-19(21(34)32(20)23)28-25(36)40-26(5,6)7/h10,13-15,18-20,22-23H,11-12H2,1-9H3,(H,28,36)/t13-,14-,15+,18+,19+,20-,22+,23+/m0/s1. The van der Waals surface area contributed by atoms with Crippen LogP contribution >= 0.6 is 11.8 Å². The Morgan fingerprint density at radius 1 is 1.12 bits per heavy atom. The number of rotatable bonds is 7. The molecular weight excluding hydrogens is 554 g/mol. The number of nitrogens with one attached hydrogen (secondary N) is 1. The quantitative estimate of drug-likeness (QED) is 0.281. The molecule has 4 heterocycles. The van der Waals surface area contributed by atoms with Crippen molar-refractivity contribution in [3.63, 3.8) is 0 Å². The summed E-state index contributed by atoms with van der Waals surface area (Å²) in [6.07, 6.45) is 0.268. The van der Waals surface area contributed by atoms with E-state index in [0.29, 0.717) is 5.69 Å². The number of esters is 2. The molecule has 41 heavy (non-hydrogen) atoms. The Labute approximate surface area is 244 Å². The van der Waals surface area contributed by atoms with E-state index in [2.05, 4.69) is 36.4 Å². The molecule has 3 fully saturated rings. The van der Waals surface area contributed by atoms with Gasteiger partial charge in [-0.05, 0) is 46.5 Å². The van der Waals surface area contributed by atoms with E-state index < -0.39 is 46.1 Å². The number of amides is 2. The van der Waals surface area contributed by atoms with Gasteiger partial charge in [0.15, 0.2) is 6.23 Å². The van der Waals surface area contributed by atoms with Crippen LogP contribution in [0.15, 0.2) is 6.20 Å². The summed E-state index contributed by atoms with van der Waals surface area (Å²) in [6, 6.07) is -1.61. The zero-order chi connectivity index (χ0) is 30.4. The van der Waals surface area contributed by atoms with Crippen molar-refractivity contribution in [3.05, 3.63) is 11.9 Å². The van der Waals surface area contributed by atoms with Crippen molar-refractivity contribution in [2.24, 2.45) is 17.8 Å². The number of nitrogens with zero attached hydrogens (tertiary/aromatic N) is 4. The minimum absolute atomic E-state index is 0.101. The Kier molecular flexibility index (Phi) is 8.66. The number of aromatic nitrogens is 3. The van der Waals surface area contributed by atoms with E-state index in [0.717, 1.165) is 0 Å². The van der Waals surface area contributed by atoms with Crippen LogP contribution in [-0.2, 0) is 39.9 Å². The third-order valence-corrected chi connectivity index (χ3v) is 9.55. The van der Waals surface area contributed by atoms with E-state index in [9.17, 15) is 19.2 Å². The summed E-state index contributed by atoms with van der Waals surface area (Å²) in [5.41, 5.74) is -0.271. The van der Waals surface area contributed by atoms with Gasteiger partial charge in [-0.25, -0.2) is 14.3 Å². The maximum atomic E-state index is 13.2. The molecule has 3 saturated heterocycles. The Morgan fingerprint density at radius 2 is 1.80 bits per heavy atom. The number of carbonyl (C=O) groups excluding carboxylic acids is 4. The number of hydrogen-bond donors (Lipinski definition) is 1. The molecule has 0 spiro atoms. The molecule has 1 aromatic heterocycles. The van der Waals surface area contributed by atoms with Crippen LogP contribution in [-0.4, -0.2) is 84.3 Å². The smallest absolute Gasteiger partial charge is 0.408 e. The molecule has 0 radical (unpaired) electrons. The van der Waals surface area contributed by atoms with Gasteiger partial charge in [-0.2, -0.15) is 0 Å². The van der Waals surface area contributed by atoms with Crippen LogP contribution in [0, 0.1) is 17.8 Å². The number of alkyl carbamates (subject to hydrolysis) is 1. The van der Waals surface area contributed by atoms with Crippen molar-refractivity contribution >= 4 is 35.7 Å². The maximum Gasteiger partial charge on any atom is 0.408 e. The SMILES string of the molecule is CC(=O)OC[C@H]1O[C@@H](n2cc(COC(=O)[C@@H]3N4C(=O)[C@@H](NC(=O)OC(C)(C)C)[C@H]4SC3(C)C)nn2)[C@H](C)[C@@H](C)[C@@H]1C. The number of thioether (sulfide) groups is 1. The first-order valence-corrected chi connectivity index (χ1v) is 14.7. The van der Waals surface area contributed by atoms with Crippen molar-refractivity contribution in [3.8, 4) is 0 Å². The molecule has 1 aromatic rings. The van der Waals surface area contributed by atoms with E-state index >= 15 is 0 Å². The monoisotopic (exact) mass is 595 g/mol. The van der Waals surface area contributed by atoms with Gasteiger partial charge in [0.1, 0.15) is 42.0 Å². The van der Waals surface area contributed by atoms with Crippen LogP contribution in [0.25, 0.3) is 0 Å². The largest absolute Gasteiger partial charge is 0.463 e. The lowest BCUT2D eigenvalue weighted by molar-refractivity contribution is -0.192. The number of carbonyl (C=O) groups is 4. The normalized spacial score (nSPS) is 32.5. The van der Waals surface area contributed by atoms with E-state index in [1.165, 1.54) is 23.6 Å². The van der Waals surface area contributed by atoms with Crippen LogP contribution in [0.4, 0.5) is 4.79 Å². The molecule has 4 rings (SSSR count). The molecule has 228 valence electrons. The highest BCUT2D eigenvalue weighted by atomic mass is 32.2. The second-order valence-corrected chi connectivity index (χ2v) is 14.4. The van der Waals surface area contributed by atoms with Gasteiger partial charge in [0.05, 0.1) is 12.3 Å². The molecule has 3 aliphatic heterocycles. The molecule has 1 N–H and O–H groups in total. The molecule has 13 nitrogen and oxygen atoms in total. The van der Waals surface area contributed by atoms with Gasteiger partial charge in [-0.1, -0.05) is 26.0 Å². The Morgan fingerprint density at radius 3 is 2.44 bits per heavy atom. The summed E-state index contributed by atoms with van der Waals surface area (Å²) < 4.78 is 23.3. The highest BCUT2D eigenvalue weighted by Gasteiger charge is 2.64. The summed E-state index contributed by atoms with van der Waals surface area (Å²) in [5, 5.41) is 10.6. The lowest BCUT2D eigenvalue weighted by atomic mass is 9.78. The molecule has 2 amide bonds.